The van der Waals surface area contributed by atoms with Crippen LogP contribution in [0.1, 0.15) is 29.7 Å². The minimum atomic E-state index is -0.696. The van der Waals surface area contributed by atoms with Crippen molar-refractivity contribution in [3.05, 3.63) is 93.8 Å². The van der Waals surface area contributed by atoms with Crippen molar-refractivity contribution in [2.75, 3.05) is 12.3 Å². The van der Waals surface area contributed by atoms with Crippen LogP contribution in [0.5, 0.6) is 0 Å². The minimum absolute atomic E-state index is 0.0361. The Morgan fingerprint density at radius 3 is 2.56 bits per heavy atom. The second-order valence-electron chi connectivity index (χ2n) is 7.41. The molecule has 5 rings (SSSR count). The van der Waals surface area contributed by atoms with Crippen molar-refractivity contribution in [3.8, 4) is 5.88 Å². The largest absolute Gasteiger partial charge is 0.462 e. The number of hydrogen-bond acceptors (Lipinski definition) is 7. The number of oxazole rings is 2. The fourth-order valence-corrected chi connectivity index (χ4v) is 5.24. The smallest absolute Gasteiger partial charge is 0.362 e. The van der Waals surface area contributed by atoms with Gasteiger partial charge < -0.3 is 19.3 Å². The van der Waals surface area contributed by atoms with E-state index in [1.165, 1.54) is 4.57 Å². The molecule has 1 aliphatic rings. The van der Waals surface area contributed by atoms with Crippen LogP contribution < -0.4 is 22.3 Å². The number of rotatable bonds is 4. The number of carbonyl (C=O) groups is 1. The van der Waals surface area contributed by atoms with Crippen LogP contribution in [0.3, 0.4) is 0 Å². The third kappa shape index (κ3) is 3.78. The van der Waals surface area contributed by atoms with Gasteiger partial charge in [0.2, 0.25) is 11.4 Å². The van der Waals surface area contributed by atoms with Crippen molar-refractivity contribution in [1.82, 2.24) is 9.55 Å². The van der Waals surface area contributed by atoms with Crippen LogP contribution in [0, 0.1) is 7.14 Å². The fourth-order valence-electron chi connectivity index (χ4n) is 4.00. The van der Waals surface area contributed by atoms with Gasteiger partial charge >= 0.3 is 11.6 Å². The first-order valence-corrected chi connectivity index (χ1v) is 12.5. The number of carbonyl (C=O) groups excluding carboxylic acids is 1. The Bertz CT molecular complexity index is 1620. The molecule has 4 aromatic rings. The summed E-state index contributed by atoms with van der Waals surface area (Å²) in [5.41, 5.74) is 7.54. The monoisotopic (exact) mass is 681 g/mol. The van der Waals surface area contributed by atoms with E-state index < -0.39 is 17.5 Å². The average Bonchev–Trinajstić information content (AvgIpc) is 3.34. The fraction of sp³-hybridized carbons (Fsp3) is 0.125. The Morgan fingerprint density at radius 2 is 1.85 bits per heavy atom. The van der Waals surface area contributed by atoms with Crippen LogP contribution in [-0.4, -0.2) is 22.1 Å². The van der Waals surface area contributed by atoms with Gasteiger partial charge in [0.1, 0.15) is 16.6 Å². The molecule has 172 valence electrons. The van der Waals surface area contributed by atoms with Crippen molar-refractivity contribution >= 4 is 68.8 Å². The summed E-state index contributed by atoms with van der Waals surface area (Å²) >= 11 is 4.38. The molecule has 2 N–H and O–H groups in total. The van der Waals surface area contributed by atoms with Crippen LogP contribution in [-0.2, 0) is 9.53 Å². The Balaban J connectivity index is 1.94. The zero-order valence-electron chi connectivity index (χ0n) is 17.7. The van der Waals surface area contributed by atoms with Crippen molar-refractivity contribution in [2.45, 2.75) is 12.8 Å². The number of hydrogen-bond donors (Lipinski definition) is 1. The summed E-state index contributed by atoms with van der Waals surface area (Å²) in [5, 5.41) is 0.180. The molecule has 0 amide bonds. The molecule has 0 unspecified atom stereocenters. The van der Waals surface area contributed by atoms with Gasteiger partial charge in [-0.3, -0.25) is 0 Å². The molecule has 1 atom stereocenters. The lowest BCUT2D eigenvalue weighted by Gasteiger charge is -2.22. The summed E-state index contributed by atoms with van der Waals surface area (Å²) in [6.45, 7) is 1.87. The van der Waals surface area contributed by atoms with E-state index in [1.807, 2.05) is 48.5 Å². The van der Waals surface area contributed by atoms with E-state index in [9.17, 15) is 9.59 Å². The number of benzene rings is 2. The highest BCUT2D eigenvalue weighted by atomic mass is 127. The number of nitrogens with zero attached hydrogens (tertiary/aromatic N) is 2. The number of halogens is 2. The number of nitrogens with two attached hydrogens (primary N) is 1. The quantitative estimate of drug-likeness (QED) is 0.261. The Kier molecular flexibility index (Phi) is 6.10. The number of esters is 1. The van der Waals surface area contributed by atoms with Gasteiger partial charge in [-0.25, -0.2) is 14.2 Å². The molecule has 1 aliphatic heterocycles. The average molecular weight is 681 g/mol. The zero-order valence-corrected chi connectivity index (χ0v) is 22.1. The summed E-state index contributed by atoms with van der Waals surface area (Å²) in [4.78, 5) is 30.8. The van der Waals surface area contributed by atoms with Gasteiger partial charge in [0.25, 0.3) is 6.01 Å². The first-order valence-electron chi connectivity index (χ1n) is 10.3. The maximum absolute atomic E-state index is 13.3. The SMILES string of the molecule is CCOC(=O)C1=c2oc(=O)/c(=C\c3ccccc3I)n2-c2oc(N)nc2[C@@H]1c1ccccc1I. The molecule has 8 nitrogen and oxygen atoms in total. The van der Waals surface area contributed by atoms with Crippen molar-refractivity contribution in [3.63, 3.8) is 0 Å². The van der Waals surface area contributed by atoms with Gasteiger partial charge in [-0.1, -0.05) is 36.4 Å². The molecule has 0 saturated carbocycles. The Labute approximate surface area is 220 Å². The first kappa shape index (κ1) is 22.9. The molecule has 0 bridgehead atoms. The predicted octanol–water partition coefficient (Wildman–Crippen LogP) is 2.90. The van der Waals surface area contributed by atoms with Crippen molar-refractivity contribution in [1.29, 1.82) is 0 Å². The van der Waals surface area contributed by atoms with E-state index in [1.54, 1.807) is 13.0 Å². The van der Waals surface area contributed by atoms with Gasteiger partial charge in [-0.2, -0.15) is 4.98 Å². The molecule has 0 radical (unpaired) electrons. The highest BCUT2D eigenvalue weighted by molar-refractivity contribution is 14.1. The number of fused-ring (bicyclic) bond motifs is 3. The van der Waals surface area contributed by atoms with Gasteiger partial charge in [0, 0.05) is 7.14 Å². The van der Waals surface area contributed by atoms with Crippen LogP contribution in [0.15, 0.2) is 62.2 Å². The summed E-state index contributed by atoms with van der Waals surface area (Å²) in [6, 6.07) is 15.1. The normalized spacial score (nSPS) is 15.2. The molecular formula is C24H17I2N3O5. The summed E-state index contributed by atoms with van der Waals surface area (Å²) in [5.74, 6) is -1.07. The van der Waals surface area contributed by atoms with E-state index in [4.69, 9.17) is 19.3 Å². The van der Waals surface area contributed by atoms with E-state index in [0.29, 0.717) is 5.69 Å². The molecule has 3 heterocycles. The van der Waals surface area contributed by atoms with Crippen molar-refractivity contribution in [2.24, 2.45) is 0 Å². The van der Waals surface area contributed by atoms with E-state index >= 15 is 0 Å². The number of aromatic nitrogens is 2. The van der Waals surface area contributed by atoms with Crippen LogP contribution in [0.2, 0.25) is 0 Å². The predicted molar refractivity (Wildman–Crippen MR) is 142 cm³/mol. The number of ether oxygens (including phenoxy) is 1. The van der Waals surface area contributed by atoms with Gasteiger partial charge in [0.15, 0.2) is 0 Å². The maximum atomic E-state index is 13.3. The molecule has 10 heteroatoms. The highest BCUT2D eigenvalue weighted by Crippen LogP contribution is 2.40. The Hall–Kier alpha value is -2.87. The van der Waals surface area contributed by atoms with Crippen LogP contribution in [0.25, 0.3) is 17.5 Å². The maximum Gasteiger partial charge on any atom is 0.362 e. The molecule has 0 saturated heterocycles. The summed E-state index contributed by atoms with van der Waals surface area (Å²) < 4.78 is 20.1. The summed E-state index contributed by atoms with van der Waals surface area (Å²) in [7, 11) is 0. The van der Waals surface area contributed by atoms with Gasteiger partial charge in [0.05, 0.1) is 12.5 Å². The zero-order chi connectivity index (χ0) is 24.0. The highest BCUT2D eigenvalue weighted by Gasteiger charge is 2.40. The first-order chi connectivity index (χ1) is 16.4. The topological polar surface area (TPSA) is 113 Å². The van der Waals surface area contributed by atoms with Crippen LogP contribution in [0.4, 0.5) is 6.01 Å². The van der Waals surface area contributed by atoms with Gasteiger partial charge in [-0.05, 0) is 81.4 Å². The standard InChI is InChI=1S/C24H17I2N3O5/c1-2-32-23(31)18-17(13-8-4-6-10-15(13)26)19-21(34-24(27)28-19)29-16(22(30)33-20(18)29)11-12-7-3-5-9-14(12)25/h3-11,17H,2H2,1H3,(H2,27,28)/b16-11+/t17-/m1/s1. The molecule has 0 fully saturated rings. The second kappa shape index (κ2) is 9.06. The minimum Gasteiger partial charge on any atom is -0.462 e. The number of anilines is 1. The molecule has 2 aromatic carbocycles. The lowest BCUT2D eigenvalue weighted by Crippen LogP contribution is -2.37. The molecule has 0 spiro atoms. The van der Waals surface area contributed by atoms with Crippen molar-refractivity contribution < 1.29 is 18.4 Å². The summed E-state index contributed by atoms with van der Waals surface area (Å²) in [6.07, 6.45) is 1.69. The number of nitrogen functional groups attached to an aromatic ring is 1. The van der Waals surface area contributed by atoms with Crippen LogP contribution >= 0.6 is 45.2 Å². The van der Waals surface area contributed by atoms with E-state index in [2.05, 4.69) is 50.2 Å². The third-order valence-corrected chi connectivity index (χ3v) is 7.36. The molecular weight excluding hydrogens is 664 g/mol. The molecule has 2 aromatic heterocycles. The third-order valence-electron chi connectivity index (χ3n) is 5.40. The second-order valence-corrected chi connectivity index (χ2v) is 9.74. The van der Waals surface area contributed by atoms with E-state index in [-0.39, 0.29) is 35.0 Å². The lowest BCUT2D eigenvalue weighted by atomic mass is 9.87. The van der Waals surface area contributed by atoms with Gasteiger partial charge in [-0.15, -0.1) is 0 Å². The molecule has 0 aliphatic carbocycles. The lowest BCUT2D eigenvalue weighted by molar-refractivity contribution is -0.136. The van der Waals surface area contributed by atoms with E-state index in [0.717, 1.165) is 18.3 Å². The molecule has 34 heavy (non-hydrogen) atoms. The Morgan fingerprint density at radius 1 is 1.15 bits per heavy atom.